The van der Waals surface area contributed by atoms with Gasteiger partial charge < -0.3 is 28.7 Å². The second-order valence-electron chi connectivity index (χ2n) is 10.1. The standard InChI is InChI=1S/C29H27FN4O4/c1-31-6-8-32(9-7-31)26-22(30)16-20-25-28(26)38-24-15-19-5-3-2-4-18(19)14-23(24)34(25)17-21(27(20)35)29(36)33-10-12-37-13-11-33/h2-5,14-17H,6-13H2,1H3. The number of halogens is 1. The van der Waals surface area contributed by atoms with E-state index in [0.29, 0.717) is 67.8 Å². The van der Waals surface area contributed by atoms with Crippen LogP contribution in [0.3, 0.4) is 0 Å². The fourth-order valence-corrected chi connectivity index (χ4v) is 5.70. The van der Waals surface area contributed by atoms with Crippen molar-refractivity contribution < 1.29 is 18.7 Å². The predicted octanol–water partition coefficient (Wildman–Crippen LogP) is 3.61. The van der Waals surface area contributed by atoms with Crippen molar-refractivity contribution in [2.75, 3.05) is 64.4 Å². The van der Waals surface area contributed by atoms with Crippen LogP contribution in [0.2, 0.25) is 0 Å². The third kappa shape index (κ3) is 3.57. The molecule has 0 bridgehead atoms. The van der Waals surface area contributed by atoms with Crippen molar-refractivity contribution in [1.82, 2.24) is 14.4 Å². The molecule has 2 fully saturated rings. The molecule has 2 saturated heterocycles. The third-order valence-electron chi connectivity index (χ3n) is 7.82. The average molecular weight is 515 g/mol. The van der Waals surface area contributed by atoms with Crippen molar-refractivity contribution in [2.45, 2.75) is 0 Å². The van der Waals surface area contributed by atoms with Gasteiger partial charge in [0.25, 0.3) is 5.91 Å². The van der Waals surface area contributed by atoms with E-state index in [1.54, 1.807) is 11.1 Å². The molecule has 0 atom stereocenters. The maximum absolute atomic E-state index is 15.9. The number of hydrogen-bond acceptors (Lipinski definition) is 6. The molecule has 194 valence electrons. The summed E-state index contributed by atoms with van der Waals surface area (Å²) in [6, 6.07) is 13.1. The number of piperazine rings is 1. The molecule has 1 amide bonds. The number of ether oxygens (including phenoxy) is 2. The van der Waals surface area contributed by atoms with Crippen molar-refractivity contribution in [3.63, 3.8) is 0 Å². The van der Waals surface area contributed by atoms with E-state index in [0.717, 1.165) is 23.9 Å². The van der Waals surface area contributed by atoms with E-state index in [2.05, 4.69) is 4.90 Å². The number of anilines is 1. The Morgan fingerprint density at radius 2 is 1.66 bits per heavy atom. The van der Waals surface area contributed by atoms with Crippen molar-refractivity contribution >= 4 is 33.3 Å². The molecule has 8 nitrogen and oxygen atoms in total. The summed E-state index contributed by atoms with van der Waals surface area (Å²) in [7, 11) is 2.04. The second-order valence-corrected chi connectivity index (χ2v) is 10.1. The van der Waals surface area contributed by atoms with Crippen LogP contribution >= 0.6 is 0 Å². The number of carbonyl (C=O) groups excluding carboxylic acids is 1. The Morgan fingerprint density at radius 1 is 0.947 bits per heavy atom. The zero-order valence-corrected chi connectivity index (χ0v) is 21.1. The number of likely N-dealkylation sites (N-methyl/N-ethyl adjacent to an activating group) is 1. The number of pyridine rings is 1. The Balaban J connectivity index is 1.50. The summed E-state index contributed by atoms with van der Waals surface area (Å²) in [6.07, 6.45) is 1.60. The zero-order valence-electron chi connectivity index (χ0n) is 21.1. The van der Waals surface area contributed by atoms with Crippen LogP contribution in [-0.4, -0.2) is 79.8 Å². The molecular formula is C29H27FN4O4. The molecule has 7 rings (SSSR count). The monoisotopic (exact) mass is 514 g/mol. The molecule has 3 aromatic carbocycles. The minimum Gasteiger partial charge on any atom is -0.451 e. The van der Waals surface area contributed by atoms with Crippen molar-refractivity contribution in [2.24, 2.45) is 0 Å². The Kier molecular flexibility index (Phi) is 5.38. The minimum atomic E-state index is -0.527. The number of fused-ring (bicyclic) bond motifs is 3. The summed E-state index contributed by atoms with van der Waals surface area (Å²) in [5, 5.41) is 2.11. The molecule has 0 N–H and O–H groups in total. The maximum Gasteiger partial charge on any atom is 0.259 e. The van der Waals surface area contributed by atoms with Gasteiger partial charge in [-0.2, -0.15) is 0 Å². The van der Waals surface area contributed by atoms with Crippen molar-refractivity contribution in [3.05, 3.63) is 70.3 Å². The van der Waals surface area contributed by atoms with E-state index in [1.807, 2.05) is 52.9 Å². The lowest BCUT2D eigenvalue weighted by molar-refractivity contribution is 0.0302. The molecule has 4 aromatic rings. The third-order valence-corrected chi connectivity index (χ3v) is 7.82. The normalized spacial score (nSPS) is 17.5. The first-order valence-corrected chi connectivity index (χ1v) is 12.9. The van der Waals surface area contributed by atoms with E-state index in [9.17, 15) is 9.59 Å². The summed E-state index contributed by atoms with van der Waals surface area (Å²) in [5.41, 5.74) is 1.05. The molecule has 0 spiro atoms. The summed E-state index contributed by atoms with van der Waals surface area (Å²) < 4.78 is 29.6. The van der Waals surface area contributed by atoms with Crippen molar-refractivity contribution in [1.29, 1.82) is 0 Å². The first-order chi connectivity index (χ1) is 18.5. The summed E-state index contributed by atoms with van der Waals surface area (Å²) in [5.74, 6) is -0.0366. The van der Waals surface area contributed by atoms with Gasteiger partial charge in [0.05, 0.1) is 24.3 Å². The number of nitrogens with zero attached hydrogens (tertiary/aromatic N) is 4. The summed E-state index contributed by atoms with van der Waals surface area (Å²) in [6.45, 7) is 4.50. The van der Waals surface area contributed by atoms with Gasteiger partial charge in [-0.15, -0.1) is 0 Å². The van der Waals surface area contributed by atoms with Crippen LogP contribution in [0.4, 0.5) is 10.1 Å². The van der Waals surface area contributed by atoms with Gasteiger partial charge in [0, 0.05) is 45.5 Å². The van der Waals surface area contributed by atoms with Gasteiger partial charge in [0.15, 0.2) is 17.3 Å². The average Bonchev–Trinajstić information content (AvgIpc) is 2.94. The minimum absolute atomic E-state index is 0.0121. The summed E-state index contributed by atoms with van der Waals surface area (Å²) >= 11 is 0. The number of hydrogen-bond donors (Lipinski definition) is 0. The molecule has 0 radical (unpaired) electrons. The number of benzene rings is 3. The van der Waals surface area contributed by atoms with Crippen LogP contribution in [0.25, 0.3) is 27.4 Å². The van der Waals surface area contributed by atoms with E-state index in [4.69, 9.17) is 9.47 Å². The molecule has 9 heteroatoms. The molecule has 3 aliphatic heterocycles. The lowest BCUT2D eigenvalue weighted by Crippen LogP contribution is -2.45. The number of aromatic nitrogens is 1. The van der Waals surface area contributed by atoms with Gasteiger partial charge in [-0.1, -0.05) is 24.3 Å². The fraction of sp³-hybridized carbons (Fsp3) is 0.310. The van der Waals surface area contributed by atoms with E-state index < -0.39 is 11.2 Å². The number of amides is 1. The number of rotatable bonds is 2. The van der Waals surface area contributed by atoms with Gasteiger partial charge in [0.1, 0.15) is 16.8 Å². The smallest absolute Gasteiger partial charge is 0.259 e. The van der Waals surface area contributed by atoms with Crippen LogP contribution < -0.4 is 15.1 Å². The Hall–Kier alpha value is -3.95. The molecule has 3 aliphatic rings. The Bertz CT molecular complexity index is 1670. The van der Waals surface area contributed by atoms with E-state index in [1.165, 1.54) is 6.07 Å². The highest BCUT2D eigenvalue weighted by atomic mass is 19.1. The van der Waals surface area contributed by atoms with Crippen LogP contribution in [0.15, 0.2) is 53.5 Å². The van der Waals surface area contributed by atoms with Gasteiger partial charge in [0.2, 0.25) is 5.43 Å². The van der Waals surface area contributed by atoms with Gasteiger partial charge >= 0.3 is 0 Å². The lowest BCUT2D eigenvalue weighted by Gasteiger charge is -2.36. The highest BCUT2D eigenvalue weighted by molar-refractivity contribution is 6.02. The van der Waals surface area contributed by atoms with Crippen LogP contribution in [0.1, 0.15) is 10.4 Å². The summed E-state index contributed by atoms with van der Waals surface area (Å²) in [4.78, 5) is 33.0. The van der Waals surface area contributed by atoms with Crippen LogP contribution in [0, 0.1) is 5.82 Å². The van der Waals surface area contributed by atoms with Gasteiger partial charge in [-0.3, -0.25) is 9.59 Å². The zero-order chi connectivity index (χ0) is 26.0. The molecule has 4 heterocycles. The highest BCUT2D eigenvalue weighted by Gasteiger charge is 2.32. The molecule has 1 aromatic heterocycles. The lowest BCUT2D eigenvalue weighted by atomic mass is 10.0. The Morgan fingerprint density at radius 3 is 2.39 bits per heavy atom. The SMILES string of the molecule is CN1CCN(c2c(F)cc3c(=O)c(C(=O)N4CCOCC4)cn4c3c2Oc2cc3ccccc3cc2-4)CC1. The molecule has 0 aliphatic carbocycles. The first kappa shape index (κ1) is 23.2. The van der Waals surface area contributed by atoms with Crippen LogP contribution in [0.5, 0.6) is 11.5 Å². The molecule has 38 heavy (non-hydrogen) atoms. The molecular weight excluding hydrogens is 487 g/mol. The van der Waals surface area contributed by atoms with E-state index in [-0.39, 0.29) is 16.9 Å². The van der Waals surface area contributed by atoms with Gasteiger partial charge in [-0.25, -0.2) is 4.39 Å². The first-order valence-electron chi connectivity index (χ1n) is 12.9. The predicted molar refractivity (Wildman–Crippen MR) is 144 cm³/mol. The maximum atomic E-state index is 15.9. The van der Waals surface area contributed by atoms with E-state index >= 15 is 4.39 Å². The van der Waals surface area contributed by atoms with Gasteiger partial charge in [-0.05, 0) is 36.0 Å². The topological polar surface area (TPSA) is 67.2 Å². The largest absolute Gasteiger partial charge is 0.451 e. The fourth-order valence-electron chi connectivity index (χ4n) is 5.70. The molecule has 0 saturated carbocycles. The number of morpholine rings is 1. The number of carbonyl (C=O) groups is 1. The quantitative estimate of drug-likeness (QED) is 0.359. The highest BCUT2D eigenvalue weighted by Crippen LogP contribution is 2.47. The Labute approximate surface area is 218 Å². The second kappa shape index (κ2) is 8.82. The molecule has 0 unspecified atom stereocenters. The van der Waals surface area contributed by atoms with Crippen molar-refractivity contribution in [3.8, 4) is 17.2 Å². The van der Waals surface area contributed by atoms with Crippen LogP contribution in [-0.2, 0) is 4.74 Å².